The van der Waals surface area contributed by atoms with Crippen molar-refractivity contribution in [1.82, 2.24) is 5.32 Å². The topological polar surface area (TPSA) is 53.6 Å². The summed E-state index contributed by atoms with van der Waals surface area (Å²) in [5.74, 6) is 3.28. The first kappa shape index (κ1) is 42.2. The van der Waals surface area contributed by atoms with E-state index in [1.165, 1.54) is 16.8 Å². The van der Waals surface area contributed by atoms with Crippen molar-refractivity contribution < 1.29 is 9.53 Å². The number of nitrogens with zero attached hydrogens (tertiary/aromatic N) is 1. The number of nitrogens with one attached hydrogen (secondary N) is 2. The van der Waals surface area contributed by atoms with Gasteiger partial charge in [-0.15, -0.1) is 11.6 Å². The van der Waals surface area contributed by atoms with E-state index >= 15 is 0 Å². The van der Waals surface area contributed by atoms with Crippen LogP contribution in [0.3, 0.4) is 0 Å². The number of hydrogen-bond acceptors (Lipinski definition) is 5. The first-order valence-electron chi connectivity index (χ1n) is 14.9. The lowest BCUT2D eigenvalue weighted by molar-refractivity contribution is -0.0980. The van der Waals surface area contributed by atoms with E-state index in [0.717, 1.165) is 43.9 Å². The highest BCUT2D eigenvalue weighted by molar-refractivity contribution is 6.18. The van der Waals surface area contributed by atoms with Gasteiger partial charge in [0.1, 0.15) is 12.5 Å². The fraction of sp³-hybridized carbons (Fsp3) is 0.618. The zero-order valence-corrected chi connectivity index (χ0v) is 28.6. The molecule has 0 unspecified atom stereocenters. The summed E-state index contributed by atoms with van der Waals surface area (Å²) in [7, 11) is 5.49. The van der Waals surface area contributed by atoms with Crippen molar-refractivity contribution in [2.24, 2.45) is 11.8 Å². The average Bonchev–Trinajstić information content (AvgIpc) is 2.98. The predicted molar refractivity (Wildman–Crippen MR) is 182 cm³/mol. The first-order valence-corrected chi connectivity index (χ1v) is 15.4. The summed E-state index contributed by atoms with van der Waals surface area (Å²) in [5, 5.41) is 6.26. The Morgan fingerprint density at radius 2 is 1.45 bits per heavy atom. The van der Waals surface area contributed by atoms with Crippen LogP contribution in [0.1, 0.15) is 85.3 Å². The maximum atomic E-state index is 8.00. The molecule has 0 bridgehead atoms. The molecule has 0 aromatic heterocycles. The van der Waals surface area contributed by atoms with Gasteiger partial charge >= 0.3 is 0 Å². The third-order valence-electron chi connectivity index (χ3n) is 6.18. The number of alkyl halides is 1. The van der Waals surface area contributed by atoms with E-state index in [0.29, 0.717) is 23.6 Å². The van der Waals surface area contributed by atoms with Crippen molar-refractivity contribution in [2.45, 2.75) is 81.1 Å². The number of methoxy groups -OCH3 is 1. The molecule has 0 saturated carbocycles. The normalized spacial score (nSPS) is 11.1. The van der Waals surface area contributed by atoms with Crippen LogP contribution in [0.2, 0.25) is 0 Å². The number of benzene rings is 2. The molecule has 2 rings (SSSR count). The quantitative estimate of drug-likeness (QED) is 0.246. The maximum Gasteiger partial charge on any atom is 0.144 e. The summed E-state index contributed by atoms with van der Waals surface area (Å²) in [6.45, 7) is 24.5. The van der Waals surface area contributed by atoms with Crippen molar-refractivity contribution in [3.8, 4) is 5.75 Å². The molecule has 0 fully saturated rings. The van der Waals surface area contributed by atoms with Crippen LogP contribution in [0.25, 0.3) is 0 Å². The average molecular weight is 580 g/mol. The molecule has 0 saturated heterocycles. The van der Waals surface area contributed by atoms with Crippen LogP contribution in [-0.4, -0.2) is 53.5 Å². The van der Waals surface area contributed by atoms with E-state index in [9.17, 15) is 0 Å². The Morgan fingerprint density at radius 3 is 1.85 bits per heavy atom. The van der Waals surface area contributed by atoms with Gasteiger partial charge in [-0.25, -0.2) is 0 Å². The van der Waals surface area contributed by atoms with Crippen LogP contribution in [0.4, 0.5) is 11.4 Å². The first-order chi connectivity index (χ1) is 19.2. The molecule has 2 aromatic rings. The second-order valence-corrected chi connectivity index (χ2v) is 10.2. The number of carbonyl (C=O) groups excluding carboxylic acids is 1. The predicted octanol–water partition coefficient (Wildman–Crippen LogP) is 9.04. The zero-order valence-electron chi connectivity index (χ0n) is 27.9. The van der Waals surface area contributed by atoms with Crippen molar-refractivity contribution >= 4 is 29.8 Å². The van der Waals surface area contributed by atoms with Gasteiger partial charge in [-0.1, -0.05) is 79.7 Å². The Morgan fingerprint density at radius 1 is 0.925 bits per heavy atom. The molecule has 5 nitrogen and oxygen atoms in total. The Balaban J connectivity index is -0.000000663. The van der Waals surface area contributed by atoms with E-state index in [1.54, 1.807) is 7.11 Å². The van der Waals surface area contributed by atoms with Gasteiger partial charge in [0.15, 0.2) is 0 Å². The van der Waals surface area contributed by atoms with Crippen LogP contribution >= 0.6 is 11.6 Å². The number of ether oxygens (including phenoxy) is 1. The lowest BCUT2D eigenvalue weighted by atomic mass is 9.98. The molecule has 0 heterocycles. The van der Waals surface area contributed by atoms with E-state index in [4.69, 9.17) is 21.1 Å². The monoisotopic (exact) mass is 579 g/mol. The summed E-state index contributed by atoms with van der Waals surface area (Å²) in [6.07, 6.45) is 2.30. The maximum absolute atomic E-state index is 8.00. The Kier molecular flexibility index (Phi) is 29.9. The smallest absolute Gasteiger partial charge is 0.144 e. The van der Waals surface area contributed by atoms with Gasteiger partial charge in [-0.3, -0.25) is 0 Å². The Labute approximate surface area is 253 Å². The Hall–Kier alpha value is -2.24. The fourth-order valence-corrected chi connectivity index (χ4v) is 4.10. The van der Waals surface area contributed by atoms with Crippen LogP contribution in [0.15, 0.2) is 42.5 Å². The summed E-state index contributed by atoms with van der Waals surface area (Å²) < 4.78 is 5.60. The Bertz CT molecular complexity index is 827. The number of anilines is 2. The van der Waals surface area contributed by atoms with Crippen LogP contribution in [0.5, 0.6) is 5.75 Å². The molecule has 2 atom stereocenters. The molecule has 0 aliphatic carbocycles. The standard InChI is InChI=1S/C19H33ClN2O.C10H14.C2H7N.C2H6.CH2O/c1-6-10-22(11-7-2)17-8-9-18(19(12-17)23-5)21-14-16(4)15(3)13-20;1-8(2)10-7-5-4-6-9(10)3;1-3-2;2*1-2/h8-9,12,15-16,21H,6-7,10-11,13-14H2,1-5H3;4-8H,1-3H3;3H,1-2H3;1-2H3;1H2/t15-,16+;;;;/m0..../s1. The molecule has 2 N–H and O–H groups in total. The second kappa shape index (κ2) is 28.3. The van der Waals surface area contributed by atoms with E-state index in [1.807, 2.05) is 34.7 Å². The number of carbonyl (C=O) groups is 1. The minimum absolute atomic E-state index is 0.499. The van der Waals surface area contributed by atoms with Crippen molar-refractivity contribution in [3.63, 3.8) is 0 Å². The lowest BCUT2D eigenvalue weighted by Gasteiger charge is -2.25. The highest BCUT2D eigenvalue weighted by Crippen LogP contribution is 2.30. The fourth-order valence-electron chi connectivity index (χ4n) is 3.79. The molecule has 0 spiro atoms. The summed E-state index contributed by atoms with van der Waals surface area (Å²) in [4.78, 5) is 10.4. The molecule has 0 aliphatic heterocycles. The molecule has 0 amide bonds. The van der Waals surface area contributed by atoms with Gasteiger partial charge in [0.2, 0.25) is 0 Å². The molecule has 0 radical (unpaired) electrons. The third-order valence-corrected chi connectivity index (χ3v) is 6.66. The van der Waals surface area contributed by atoms with Gasteiger partial charge in [0.25, 0.3) is 0 Å². The summed E-state index contributed by atoms with van der Waals surface area (Å²) >= 11 is 5.94. The van der Waals surface area contributed by atoms with E-state index < -0.39 is 0 Å². The van der Waals surface area contributed by atoms with Gasteiger partial charge in [0, 0.05) is 37.3 Å². The lowest BCUT2D eigenvalue weighted by Crippen LogP contribution is -2.25. The number of hydrogen-bond donors (Lipinski definition) is 2. The largest absolute Gasteiger partial charge is 0.495 e. The SMILES string of the molecule is C=O.CC.CCCN(CCC)c1ccc(NC[C@@H](C)[C@@H](C)CCl)c(OC)c1.CNC.Cc1ccccc1C(C)C. The minimum Gasteiger partial charge on any atom is -0.495 e. The van der Waals surface area contributed by atoms with Gasteiger partial charge < -0.3 is 25.1 Å². The second-order valence-electron chi connectivity index (χ2n) is 9.87. The zero-order chi connectivity index (χ0) is 31.5. The number of halogens is 1. The molecule has 2 aromatic carbocycles. The van der Waals surface area contributed by atoms with E-state index in [-0.39, 0.29) is 0 Å². The molecular formula is C34H62ClN3O2. The molecular weight excluding hydrogens is 518 g/mol. The van der Waals surface area contributed by atoms with Crippen LogP contribution < -0.4 is 20.3 Å². The molecule has 0 aliphatic rings. The van der Waals surface area contributed by atoms with Gasteiger partial charge in [0.05, 0.1) is 12.8 Å². The molecule has 6 heteroatoms. The highest BCUT2D eigenvalue weighted by Gasteiger charge is 2.13. The molecule has 40 heavy (non-hydrogen) atoms. The van der Waals surface area contributed by atoms with Gasteiger partial charge in [-0.05, 0) is 74.9 Å². The number of rotatable bonds is 12. The van der Waals surface area contributed by atoms with E-state index in [2.05, 4.69) is 106 Å². The summed E-state index contributed by atoms with van der Waals surface area (Å²) in [5.41, 5.74) is 5.15. The van der Waals surface area contributed by atoms with Crippen molar-refractivity contribution in [1.29, 1.82) is 0 Å². The van der Waals surface area contributed by atoms with Gasteiger partial charge in [-0.2, -0.15) is 0 Å². The van der Waals surface area contributed by atoms with Crippen LogP contribution in [0, 0.1) is 18.8 Å². The minimum atomic E-state index is 0.499. The van der Waals surface area contributed by atoms with Crippen molar-refractivity contribution in [3.05, 3.63) is 53.6 Å². The molecule has 232 valence electrons. The van der Waals surface area contributed by atoms with Crippen LogP contribution in [-0.2, 0) is 4.79 Å². The highest BCUT2D eigenvalue weighted by atomic mass is 35.5. The number of aryl methyl sites for hydroxylation is 1. The third kappa shape index (κ3) is 18.2. The summed E-state index contributed by atoms with van der Waals surface area (Å²) in [6, 6.07) is 15.0. The van der Waals surface area contributed by atoms with Crippen molar-refractivity contribution in [2.75, 3.05) is 56.9 Å².